The zero-order chi connectivity index (χ0) is 14.7. The number of aromatic nitrogens is 1. The van der Waals surface area contributed by atoms with E-state index >= 15 is 0 Å². The Labute approximate surface area is 128 Å². The number of rotatable bonds is 6. The third-order valence-corrected chi connectivity index (χ3v) is 4.92. The minimum Gasteiger partial charge on any atom is -0.367 e. The number of nitrogens with zero attached hydrogens (tertiary/aromatic N) is 3. The molecule has 0 spiro atoms. The van der Waals surface area contributed by atoms with Gasteiger partial charge in [0.25, 0.3) is 0 Å². The van der Waals surface area contributed by atoms with Crippen molar-refractivity contribution in [1.82, 2.24) is 15.2 Å². The average molecular weight is 288 g/mol. The second kappa shape index (κ2) is 6.75. The molecule has 1 saturated carbocycles. The van der Waals surface area contributed by atoms with Crippen LogP contribution in [0.25, 0.3) is 0 Å². The maximum atomic E-state index is 4.35. The second-order valence-electron chi connectivity index (χ2n) is 6.44. The Morgan fingerprint density at radius 2 is 2.05 bits per heavy atom. The fraction of sp³-hybridized carbons (Fsp3) is 0.706. The van der Waals surface area contributed by atoms with E-state index in [0.29, 0.717) is 6.04 Å². The summed E-state index contributed by atoms with van der Waals surface area (Å²) < 4.78 is 0. The molecule has 1 aromatic rings. The molecule has 1 saturated heterocycles. The summed E-state index contributed by atoms with van der Waals surface area (Å²) in [6, 6.07) is 3.64. The molecular weight excluding hydrogens is 260 g/mol. The van der Waals surface area contributed by atoms with Gasteiger partial charge in [0.1, 0.15) is 0 Å². The lowest BCUT2D eigenvalue weighted by atomic mass is 10.1. The number of anilines is 1. The van der Waals surface area contributed by atoms with Crippen LogP contribution in [-0.2, 0) is 6.54 Å². The van der Waals surface area contributed by atoms with Crippen molar-refractivity contribution in [3.05, 3.63) is 24.0 Å². The predicted molar refractivity (Wildman–Crippen MR) is 87.6 cm³/mol. The van der Waals surface area contributed by atoms with E-state index in [-0.39, 0.29) is 0 Å². The molecule has 21 heavy (non-hydrogen) atoms. The summed E-state index contributed by atoms with van der Waals surface area (Å²) in [4.78, 5) is 9.47. The molecule has 2 aliphatic rings. The maximum Gasteiger partial charge on any atom is 0.0599 e. The minimum atomic E-state index is 0.706. The Bertz CT molecular complexity index is 450. The van der Waals surface area contributed by atoms with E-state index in [4.69, 9.17) is 0 Å². The first-order valence-corrected chi connectivity index (χ1v) is 8.43. The SMILES string of the molecule is CCC(C)N1CCN(c2cnccc2CNC2CC2)CC1. The third kappa shape index (κ3) is 3.74. The van der Waals surface area contributed by atoms with E-state index in [1.54, 1.807) is 0 Å². The molecule has 2 heterocycles. The molecule has 116 valence electrons. The van der Waals surface area contributed by atoms with Crippen molar-refractivity contribution < 1.29 is 0 Å². The molecule has 0 aromatic carbocycles. The van der Waals surface area contributed by atoms with Gasteiger partial charge in [0.2, 0.25) is 0 Å². The van der Waals surface area contributed by atoms with Crippen LogP contribution in [0.15, 0.2) is 18.5 Å². The molecule has 1 aliphatic heterocycles. The van der Waals surface area contributed by atoms with Crippen molar-refractivity contribution in [2.45, 2.75) is 51.7 Å². The molecule has 1 unspecified atom stereocenters. The van der Waals surface area contributed by atoms with Crippen molar-refractivity contribution in [3.63, 3.8) is 0 Å². The predicted octanol–water partition coefficient (Wildman–Crippen LogP) is 2.25. The highest BCUT2D eigenvalue weighted by molar-refractivity contribution is 5.52. The molecule has 4 heteroatoms. The smallest absolute Gasteiger partial charge is 0.0599 e. The van der Waals surface area contributed by atoms with Gasteiger partial charge in [-0.05, 0) is 37.8 Å². The molecule has 1 N–H and O–H groups in total. The molecule has 1 aromatic heterocycles. The number of pyridine rings is 1. The van der Waals surface area contributed by atoms with Crippen LogP contribution in [0.1, 0.15) is 38.7 Å². The molecule has 0 radical (unpaired) electrons. The largest absolute Gasteiger partial charge is 0.367 e. The standard InChI is InChI=1S/C17H28N4/c1-3-14(2)20-8-10-21(11-9-20)17-13-18-7-6-15(17)12-19-16-4-5-16/h6-7,13-14,16,19H,3-5,8-12H2,1-2H3. The van der Waals surface area contributed by atoms with E-state index in [2.05, 4.69) is 40.0 Å². The van der Waals surface area contributed by atoms with Gasteiger partial charge in [-0.3, -0.25) is 9.88 Å². The highest BCUT2D eigenvalue weighted by atomic mass is 15.3. The second-order valence-corrected chi connectivity index (χ2v) is 6.44. The van der Waals surface area contributed by atoms with Gasteiger partial charge >= 0.3 is 0 Å². The number of nitrogens with one attached hydrogen (secondary N) is 1. The molecule has 1 atom stereocenters. The monoisotopic (exact) mass is 288 g/mol. The van der Waals surface area contributed by atoms with Crippen LogP contribution in [-0.4, -0.2) is 48.1 Å². The van der Waals surface area contributed by atoms with Gasteiger partial charge in [0.05, 0.1) is 11.9 Å². The van der Waals surface area contributed by atoms with Gasteiger partial charge < -0.3 is 10.2 Å². The number of hydrogen-bond acceptors (Lipinski definition) is 4. The summed E-state index contributed by atoms with van der Waals surface area (Å²) in [5.74, 6) is 0. The van der Waals surface area contributed by atoms with Gasteiger partial charge in [-0.1, -0.05) is 6.92 Å². The van der Waals surface area contributed by atoms with Gasteiger partial charge in [-0.15, -0.1) is 0 Å². The zero-order valence-corrected chi connectivity index (χ0v) is 13.4. The fourth-order valence-corrected chi connectivity index (χ4v) is 3.05. The summed E-state index contributed by atoms with van der Waals surface area (Å²) in [6.07, 6.45) is 7.89. The highest BCUT2D eigenvalue weighted by Crippen LogP contribution is 2.24. The van der Waals surface area contributed by atoms with E-state index in [0.717, 1.165) is 25.7 Å². The van der Waals surface area contributed by atoms with Gasteiger partial charge in [0, 0.05) is 51.0 Å². The van der Waals surface area contributed by atoms with Crippen molar-refractivity contribution in [2.75, 3.05) is 31.1 Å². The van der Waals surface area contributed by atoms with Crippen LogP contribution < -0.4 is 10.2 Å². The number of piperazine rings is 1. The van der Waals surface area contributed by atoms with E-state index in [1.165, 1.54) is 43.6 Å². The molecule has 0 amide bonds. The minimum absolute atomic E-state index is 0.706. The first-order valence-electron chi connectivity index (χ1n) is 8.43. The lowest BCUT2D eigenvalue weighted by Crippen LogP contribution is -2.49. The zero-order valence-electron chi connectivity index (χ0n) is 13.4. The Hall–Kier alpha value is -1.13. The lowest BCUT2D eigenvalue weighted by Gasteiger charge is -2.39. The van der Waals surface area contributed by atoms with Crippen molar-refractivity contribution in [1.29, 1.82) is 0 Å². The van der Waals surface area contributed by atoms with Gasteiger partial charge in [-0.25, -0.2) is 0 Å². The summed E-state index contributed by atoms with van der Waals surface area (Å²) in [5.41, 5.74) is 2.73. The highest BCUT2D eigenvalue weighted by Gasteiger charge is 2.23. The van der Waals surface area contributed by atoms with E-state index in [1.807, 2.05) is 12.4 Å². The van der Waals surface area contributed by atoms with E-state index < -0.39 is 0 Å². The van der Waals surface area contributed by atoms with Crippen LogP contribution in [0, 0.1) is 0 Å². The summed E-state index contributed by atoms with van der Waals surface area (Å²) in [5, 5.41) is 3.62. The normalized spacial score (nSPS) is 21.5. The Morgan fingerprint density at radius 3 is 2.71 bits per heavy atom. The summed E-state index contributed by atoms with van der Waals surface area (Å²) >= 11 is 0. The maximum absolute atomic E-state index is 4.35. The fourth-order valence-electron chi connectivity index (χ4n) is 3.05. The summed E-state index contributed by atoms with van der Waals surface area (Å²) in [7, 11) is 0. The van der Waals surface area contributed by atoms with Crippen molar-refractivity contribution >= 4 is 5.69 Å². The van der Waals surface area contributed by atoms with Crippen molar-refractivity contribution in [3.8, 4) is 0 Å². The Kier molecular flexibility index (Phi) is 4.76. The summed E-state index contributed by atoms with van der Waals surface area (Å²) in [6.45, 7) is 10.2. The van der Waals surface area contributed by atoms with Crippen molar-refractivity contribution in [2.24, 2.45) is 0 Å². The van der Waals surface area contributed by atoms with Crippen LogP contribution in [0.5, 0.6) is 0 Å². The first-order chi connectivity index (χ1) is 10.3. The average Bonchev–Trinajstić information content (AvgIpc) is 3.37. The Balaban J connectivity index is 1.61. The lowest BCUT2D eigenvalue weighted by molar-refractivity contribution is 0.192. The first kappa shape index (κ1) is 14.8. The van der Waals surface area contributed by atoms with Crippen LogP contribution in [0.2, 0.25) is 0 Å². The molecule has 1 aliphatic carbocycles. The quantitative estimate of drug-likeness (QED) is 0.870. The molecule has 2 fully saturated rings. The molecule has 4 nitrogen and oxygen atoms in total. The molecule has 3 rings (SSSR count). The van der Waals surface area contributed by atoms with Crippen LogP contribution >= 0.6 is 0 Å². The van der Waals surface area contributed by atoms with Crippen LogP contribution in [0.3, 0.4) is 0 Å². The van der Waals surface area contributed by atoms with Gasteiger partial charge in [0.15, 0.2) is 0 Å². The molecular formula is C17H28N4. The van der Waals surface area contributed by atoms with E-state index in [9.17, 15) is 0 Å². The number of hydrogen-bond donors (Lipinski definition) is 1. The topological polar surface area (TPSA) is 31.4 Å². The van der Waals surface area contributed by atoms with Gasteiger partial charge in [-0.2, -0.15) is 0 Å². The van der Waals surface area contributed by atoms with Crippen LogP contribution in [0.4, 0.5) is 5.69 Å². The third-order valence-electron chi connectivity index (χ3n) is 4.92. The molecule has 0 bridgehead atoms. The Morgan fingerprint density at radius 1 is 1.29 bits per heavy atom.